The number of halogens is 1. The van der Waals surface area contributed by atoms with E-state index in [0.717, 1.165) is 11.1 Å². The highest BCUT2D eigenvalue weighted by Crippen LogP contribution is 2.32. The number of aryl methyl sites for hydroxylation is 2. The van der Waals surface area contributed by atoms with Crippen LogP contribution in [0.5, 0.6) is 11.5 Å². The summed E-state index contributed by atoms with van der Waals surface area (Å²) in [5.41, 5.74) is 2.96. The number of fused-ring (bicyclic) bond motifs is 1. The molecule has 0 saturated heterocycles. The summed E-state index contributed by atoms with van der Waals surface area (Å²) >= 11 is 0. The van der Waals surface area contributed by atoms with E-state index in [1.54, 1.807) is 24.3 Å². The van der Waals surface area contributed by atoms with Gasteiger partial charge in [-0.2, -0.15) is 0 Å². The maximum Gasteiger partial charge on any atom is 0.256 e. The zero-order chi connectivity index (χ0) is 21.3. The van der Waals surface area contributed by atoms with Gasteiger partial charge in [-0.1, -0.05) is 17.7 Å². The number of benzene rings is 3. The molecular weight excluding hydrogens is 387 g/mol. The molecule has 1 aliphatic rings. The Morgan fingerprint density at radius 1 is 0.867 bits per heavy atom. The standard InChI is InChI=1S/C23H19FN2O4/c1-13-3-6-17(14(2)9-13)23(28)26-19-11-16(5-7-18(19)24)25-22(27)15-4-8-20-21(10-15)30-12-29-20/h3-11H,12H2,1-2H3,(H,25,27)(H,26,28). The molecule has 30 heavy (non-hydrogen) atoms. The molecule has 4 rings (SSSR count). The smallest absolute Gasteiger partial charge is 0.256 e. The molecular formula is C23H19FN2O4. The van der Waals surface area contributed by atoms with Crippen molar-refractivity contribution < 1.29 is 23.5 Å². The first kappa shape index (κ1) is 19.4. The summed E-state index contributed by atoms with van der Waals surface area (Å²) in [5, 5.41) is 5.27. The fourth-order valence-electron chi connectivity index (χ4n) is 3.20. The molecule has 2 amide bonds. The topological polar surface area (TPSA) is 76.7 Å². The van der Waals surface area contributed by atoms with Crippen LogP contribution < -0.4 is 20.1 Å². The molecule has 0 unspecified atom stereocenters. The van der Waals surface area contributed by atoms with Crippen molar-refractivity contribution in [3.63, 3.8) is 0 Å². The Hall–Kier alpha value is -3.87. The van der Waals surface area contributed by atoms with Gasteiger partial charge in [0.05, 0.1) is 5.69 Å². The Labute approximate surface area is 172 Å². The summed E-state index contributed by atoms with van der Waals surface area (Å²) in [6, 6.07) is 14.2. The van der Waals surface area contributed by atoms with Gasteiger partial charge in [0.1, 0.15) is 5.82 Å². The van der Waals surface area contributed by atoms with Crippen LogP contribution in [0.1, 0.15) is 31.8 Å². The Kier molecular flexibility index (Phi) is 5.10. The molecule has 1 aliphatic heterocycles. The van der Waals surface area contributed by atoms with Gasteiger partial charge in [0, 0.05) is 16.8 Å². The van der Waals surface area contributed by atoms with Crippen LogP contribution >= 0.6 is 0 Å². The van der Waals surface area contributed by atoms with E-state index in [-0.39, 0.29) is 12.5 Å². The van der Waals surface area contributed by atoms with E-state index in [9.17, 15) is 14.0 Å². The monoisotopic (exact) mass is 406 g/mol. The van der Waals surface area contributed by atoms with Crippen LogP contribution in [0.15, 0.2) is 54.6 Å². The fraction of sp³-hybridized carbons (Fsp3) is 0.130. The number of carbonyl (C=O) groups excluding carboxylic acids is 2. The van der Waals surface area contributed by atoms with Crippen LogP contribution in [0.4, 0.5) is 15.8 Å². The molecule has 1 heterocycles. The van der Waals surface area contributed by atoms with Crippen molar-refractivity contribution in [2.75, 3.05) is 17.4 Å². The molecule has 2 N–H and O–H groups in total. The third-order valence-corrected chi connectivity index (χ3v) is 4.73. The molecule has 0 atom stereocenters. The number of hydrogen-bond donors (Lipinski definition) is 2. The summed E-state index contributed by atoms with van der Waals surface area (Å²) in [7, 11) is 0. The summed E-state index contributed by atoms with van der Waals surface area (Å²) in [6.45, 7) is 3.86. The van der Waals surface area contributed by atoms with Gasteiger partial charge in [-0.15, -0.1) is 0 Å². The number of hydrogen-bond acceptors (Lipinski definition) is 4. The molecule has 0 radical (unpaired) electrons. The predicted molar refractivity (Wildman–Crippen MR) is 111 cm³/mol. The summed E-state index contributed by atoms with van der Waals surface area (Å²) in [5.74, 6) is -0.362. The van der Waals surface area contributed by atoms with Gasteiger partial charge < -0.3 is 20.1 Å². The van der Waals surface area contributed by atoms with Crippen molar-refractivity contribution in [3.8, 4) is 11.5 Å². The Morgan fingerprint density at radius 2 is 1.67 bits per heavy atom. The highest BCUT2D eigenvalue weighted by Gasteiger charge is 2.17. The summed E-state index contributed by atoms with van der Waals surface area (Å²) < 4.78 is 24.8. The van der Waals surface area contributed by atoms with Crippen molar-refractivity contribution >= 4 is 23.2 Å². The van der Waals surface area contributed by atoms with Crippen LogP contribution in [0.3, 0.4) is 0 Å². The molecule has 152 valence electrons. The van der Waals surface area contributed by atoms with E-state index in [4.69, 9.17) is 9.47 Å². The maximum atomic E-state index is 14.3. The Bertz CT molecular complexity index is 1160. The van der Waals surface area contributed by atoms with Crippen molar-refractivity contribution in [1.29, 1.82) is 0 Å². The molecule has 6 nitrogen and oxygen atoms in total. The van der Waals surface area contributed by atoms with Crippen LogP contribution in [0.2, 0.25) is 0 Å². The van der Waals surface area contributed by atoms with E-state index in [2.05, 4.69) is 10.6 Å². The van der Waals surface area contributed by atoms with Gasteiger partial charge in [-0.3, -0.25) is 9.59 Å². The molecule has 3 aromatic rings. The Morgan fingerprint density at radius 3 is 2.47 bits per heavy atom. The van der Waals surface area contributed by atoms with Gasteiger partial charge in [-0.25, -0.2) is 4.39 Å². The maximum absolute atomic E-state index is 14.3. The van der Waals surface area contributed by atoms with Crippen molar-refractivity contribution in [2.45, 2.75) is 13.8 Å². The second-order valence-corrected chi connectivity index (χ2v) is 6.99. The van der Waals surface area contributed by atoms with E-state index in [0.29, 0.717) is 28.3 Å². The largest absolute Gasteiger partial charge is 0.454 e. The predicted octanol–water partition coefficient (Wildman–Crippen LogP) is 4.68. The minimum Gasteiger partial charge on any atom is -0.454 e. The van der Waals surface area contributed by atoms with Gasteiger partial charge in [0.25, 0.3) is 11.8 Å². The number of ether oxygens (including phenoxy) is 2. The third-order valence-electron chi connectivity index (χ3n) is 4.73. The SMILES string of the molecule is Cc1ccc(C(=O)Nc2cc(NC(=O)c3ccc4c(c3)OCO4)ccc2F)c(C)c1. The highest BCUT2D eigenvalue weighted by molar-refractivity contribution is 6.07. The highest BCUT2D eigenvalue weighted by atomic mass is 19.1. The average Bonchev–Trinajstić information content (AvgIpc) is 3.18. The summed E-state index contributed by atoms with van der Waals surface area (Å²) in [6.07, 6.45) is 0. The summed E-state index contributed by atoms with van der Waals surface area (Å²) in [4.78, 5) is 25.1. The van der Waals surface area contributed by atoms with Crippen molar-refractivity contribution in [3.05, 3.63) is 82.7 Å². The third kappa shape index (κ3) is 3.96. The van der Waals surface area contributed by atoms with Crippen LogP contribution in [0, 0.1) is 19.7 Å². The zero-order valence-electron chi connectivity index (χ0n) is 16.4. The average molecular weight is 406 g/mol. The molecule has 0 fully saturated rings. The molecule has 3 aromatic carbocycles. The van der Waals surface area contributed by atoms with E-state index < -0.39 is 17.6 Å². The molecule has 0 saturated carbocycles. The zero-order valence-corrected chi connectivity index (χ0v) is 16.4. The first-order chi connectivity index (χ1) is 14.4. The lowest BCUT2D eigenvalue weighted by atomic mass is 10.1. The minimum atomic E-state index is -0.603. The molecule has 7 heteroatoms. The van der Waals surface area contributed by atoms with Gasteiger partial charge >= 0.3 is 0 Å². The first-order valence-corrected chi connectivity index (χ1v) is 9.30. The second kappa shape index (κ2) is 7.87. The second-order valence-electron chi connectivity index (χ2n) is 6.99. The quantitative estimate of drug-likeness (QED) is 0.660. The number of carbonyl (C=O) groups is 2. The van der Waals surface area contributed by atoms with E-state index in [1.165, 1.54) is 18.2 Å². The van der Waals surface area contributed by atoms with Crippen LogP contribution in [-0.2, 0) is 0 Å². The lowest BCUT2D eigenvalue weighted by Gasteiger charge is -2.12. The lowest BCUT2D eigenvalue weighted by Crippen LogP contribution is -2.16. The Balaban J connectivity index is 1.51. The van der Waals surface area contributed by atoms with E-state index >= 15 is 0 Å². The van der Waals surface area contributed by atoms with Crippen molar-refractivity contribution in [2.24, 2.45) is 0 Å². The van der Waals surface area contributed by atoms with Gasteiger partial charge in [-0.05, 0) is 61.9 Å². The number of nitrogens with one attached hydrogen (secondary N) is 2. The molecule has 0 spiro atoms. The normalized spacial score (nSPS) is 11.8. The van der Waals surface area contributed by atoms with Gasteiger partial charge in [0.15, 0.2) is 11.5 Å². The minimum absolute atomic E-state index is 0.0246. The van der Waals surface area contributed by atoms with Crippen molar-refractivity contribution in [1.82, 2.24) is 0 Å². The molecule has 0 aliphatic carbocycles. The lowest BCUT2D eigenvalue weighted by molar-refractivity contribution is 0.101. The fourth-order valence-corrected chi connectivity index (χ4v) is 3.20. The van der Waals surface area contributed by atoms with E-state index in [1.807, 2.05) is 26.0 Å². The van der Waals surface area contributed by atoms with Gasteiger partial charge in [0.2, 0.25) is 6.79 Å². The van der Waals surface area contributed by atoms with Crippen LogP contribution in [0.25, 0.3) is 0 Å². The number of amides is 2. The number of rotatable bonds is 4. The van der Waals surface area contributed by atoms with Crippen LogP contribution in [-0.4, -0.2) is 18.6 Å². The molecule has 0 bridgehead atoms. The molecule has 0 aromatic heterocycles. The number of anilines is 2. The first-order valence-electron chi connectivity index (χ1n) is 9.30.